The highest BCUT2D eigenvalue weighted by molar-refractivity contribution is 9.10. The molecule has 0 atom stereocenters. The minimum Gasteiger partial charge on any atom is -0.298 e. The van der Waals surface area contributed by atoms with Crippen molar-refractivity contribution in [3.05, 3.63) is 39.2 Å². The summed E-state index contributed by atoms with van der Waals surface area (Å²) in [5.41, 5.74) is 1.15. The maximum Gasteiger partial charge on any atom is 0.155 e. The number of aromatic nitrogens is 3. The van der Waals surface area contributed by atoms with Crippen LogP contribution in [0, 0.1) is 5.92 Å². The SMILES string of the molecule is CC(C)Cc1nn(-c2ccc(Br)cn2)c(Cl)c1C=O. The van der Waals surface area contributed by atoms with Crippen LogP contribution in [0.5, 0.6) is 0 Å². The van der Waals surface area contributed by atoms with E-state index in [2.05, 4.69) is 39.9 Å². The van der Waals surface area contributed by atoms with Crippen LogP contribution < -0.4 is 0 Å². The summed E-state index contributed by atoms with van der Waals surface area (Å²) >= 11 is 9.53. The first-order chi connectivity index (χ1) is 9.02. The standard InChI is InChI=1S/C13H13BrClN3O/c1-8(2)5-11-10(7-19)13(15)18(17-11)12-4-3-9(14)6-16-12/h3-4,6-8H,5H2,1-2H3. The predicted molar refractivity (Wildman–Crippen MR) is 78.0 cm³/mol. The van der Waals surface area contributed by atoms with Crippen molar-refractivity contribution in [2.24, 2.45) is 5.92 Å². The Bertz CT molecular complexity index is 593. The molecule has 2 heterocycles. The summed E-state index contributed by atoms with van der Waals surface area (Å²) < 4.78 is 2.37. The Kier molecular flexibility index (Phi) is 4.37. The molecule has 2 rings (SSSR count). The molecule has 0 radical (unpaired) electrons. The fourth-order valence-corrected chi connectivity index (χ4v) is 2.26. The van der Waals surface area contributed by atoms with Gasteiger partial charge in [0.1, 0.15) is 5.15 Å². The van der Waals surface area contributed by atoms with Crippen LogP contribution in [-0.4, -0.2) is 21.1 Å². The molecule has 0 N–H and O–H groups in total. The minimum absolute atomic E-state index is 0.306. The summed E-state index contributed by atoms with van der Waals surface area (Å²) in [5.74, 6) is 0.988. The number of carbonyl (C=O) groups is 1. The van der Waals surface area contributed by atoms with E-state index in [9.17, 15) is 4.79 Å². The monoisotopic (exact) mass is 341 g/mol. The Morgan fingerprint density at radius 1 is 1.47 bits per heavy atom. The van der Waals surface area contributed by atoms with Gasteiger partial charge in [0.15, 0.2) is 12.1 Å². The smallest absolute Gasteiger partial charge is 0.155 e. The molecule has 2 aromatic heterocycles. The molecule has 2 aromatic rings. The molecule has 0 aromatic carbocycles. The van der Waals surface area contributed by atoms with Crippen LogP contribution in [0.15, 0.2) is 22.8 Å². The molecule has 0 aliphatic heterocycles. The van der Waals surface area contributed by atoms with Gasteiger partial charge in [-0.1, -0.05) is 25.4 Å². The van der Waals surface area contributed by atoms with Crippen LogP contribution in [0.4, 0.5) is 0 Å². The summed E-state index contributed by atoms with van der Waals surface area (Å²) in [5, 5.41) is 4.70. The molecule has 0 fully saturated rings. The van der Waals surface area contributed by atoms with Gasteiger partial charge in [-0.15, -0.1) is 0 Å². The number of pyridine rings is 1. The van der Waals surface area contributed by atoms with E-state index < -0.39 is 0 Å². The second-order valence-electron chi connectivity index (χ2n) is 4.61. The molecule has 4 nitrogen and oxygen atoms in total. The first-order valence-electron chi connectivity index (χ1n) is 5.87. The number of nitrogens with zero attached hydrogens (tertiary/aromatic N) is 3. The van der Waals surface area contributed by atoms with Gasteiger partial charge in [-0.2, -0.15) is 5.10 Å². The summed E-state index contributed by atoms with van der Waals surface area (Å²) in [6, 6.07) is 3.64. The average Bonchev–Trinajstić information content (AvgIpc) is 2.66. The number of rotatable bonds is 4. The van der Waals surface area contributed by atoms with Crippen molar-refractivity contribution in [1.29, 1.82) is 0 Å². The first-order valence-corrected chi connectivity index (χ1v) is 7.04. The number of aldehydes is 1. The Balaban J connectivity index is 2.49. The number of halogens is 2. The van der Waals surface area contributed by atoms with E-state index in [0.29, 0.717) is 34.6 Å². The summed E-state index contributed by atoms with van der Waals surface area (Å²) in [7, 11) is 0. The van der Waals surface area contributed by atoms with Gasteiger partial charge in [0, 0.05) is 10.7 Å². The van der Waals surface area contributed by atoms with Gasteiger partial charge in [-0.25, -0.2) is 9.67 Å². The maximum absolute atomic E-state index is 11.2. The van der Waals surface area contributed by atoms with Gasteiger partial charge < -0.3 is 0 Å². The lowest BCUT2D eigenvalue weighted by Crippen LogP contribution is -2.01. The van der Waals surface area contributed by atoms with Gasteiger partial charge in [0.25, 0.3) is 0 Å². The van der Waals surface area contributed by atoms with Crippen LogP contribution >= 0.6 is 27.5 Å². The van der Waals surface area contributed by atoms with Crippen molar-refractivity contribution in [2.45, 2.75) is 20.3 Å². The number of carbonyl (C=O) groups excluding carboxylic acids is 1. The average molecular weight is 343 g/mol. The highest BCUT2D eigenvalue weighted by atomic mass is 79.9. The Labute approximate surface area is 124 Å². The third-order valence-electron chi connectivity index (χ3n) is 2.59. The quantitative estimate of drug-likeness (QED) is 0.796. The first kappa shape index (κ1) is 14.2. The lowest BCUT2D eigenvalue weighted by molar-refractivity contribution is 0.112. The van der Waals surface area contributed by atoms with Gasteiger partial charge >= 0.3 is 0 Å². The zero-order valence-electron chi connectivity index (χ0n) is 10.6. The molecular weight excluding hydrogens is 330 g/mol. The lowest BCUT2D eigenvalue weighted by Gasteiger charge is -2.02. The minimum atomic E-state index is 0.306. The second kappa shape index (κ2) is 5.84. The van der Waals surface area contributed by atoms with E-state index in [1.165, 1.54) is 4.68 Å². The van der Waals surface area contributed by atoms with E-state index >= 15 is 0 Å². The second-order valence-corrected chi connectivity index (χ2v) is 5.89. The van der Waals surface area contributed by atoms with Gasteiger partial charge in [-0.05, 0) is 40.4 Å². The molecule has 0 amide bonds. The van der Waals surface area contributed by atoms with Crippen LogP contribution in [-0.2, 0) is 6.42 Å². The molecule has 0 aliphatic rings. The molecule has 19 heavy (non-hydrogen) atoms. The molecule has 0 unspecified atom stereocenters. The molecule has 0 aliphatic carbocycles. The fraction of sp³-hybridized carbons (Fsp3) is 0.308. The normalized spacial score (nSPS) is 11.0. The molecule has 0 saturated heterocycles. The molecule has 0 saturated carbocycles. The number of hydrogen-bond donors (Lipinski definition) is 0. The van der Waals surface area contributed by atoms with Crippen LogP contribution in [0.25, 0.3) is 5.82 Å². The van der Waals surface area contributed by atoms with Crippen molar-refractivity contribution in [3.8, 4) is 5.82 Å². The predicted octanol–water partition coefficient (Wildman–Crippen LogP) is 3.69. The van der Waals surface area contributed by atoms with Crippen molar-refractivity contribution < 1.29 is 4.79 Å². The third kappa shape index (κ3) is 3.04. The summed E-state index contributed by atoms with van der Waals surface area (Å²) in [4.78, 5) is 15.4. The van der Waals surface area contributed by atoms with Crippen LogP contribution in [0.1, 0.15) is 29.9 Å². The molecule has 6 heteroatoms. The van der Waals surface area contributed by atoms with Gasteiger partial charge in [0.2, 0.25) is 0 Å². The highest BCUT2D eigenvalue weighted by Gasteiger charge is 2.18. The van der Waals surface area contributed by atoms with Crippen molar-refractivity contribution >= 4 is 33.8 Å². The maximum atomic E-state index is 11.2. The Morgan fingerprint density at radius 2 is 2.21 bits per heavy atom. The van der Waals surface area contributed by atoms with Gasteiger partial charge in [-0.3, -0.25) is 4.79 Å². The van der Waals surface area contributed by atoms with Gasteiger partial charge in [0.05, 0.1) is 11.3 Å². The van der Waals surface area contributed by atoms with E-state index in [0.717, 1.165) is 10.8 Å². The lowest BCUT2D eigenvalue weighted by atomic mass is 10.1. The van der Waals surface area contributed by atoms with E-state index in [1.807, 2.05) is 6.07 Å². The van der Waals surface area contributed by atoms with Crippen LogP contribution in [0.2, 0.25) is 5.15 Å². The zero-order valence-corrected chi connectivity index (χ0v) is 12.9. The zero-order chi connectivity index (χ0) is 14.0. The molecular formula is C13H13BrClN3O. The van der Waals surface area contributed by atoms with Crippen molar-refractivity contribution in [2.75, 3.05) is 0 Å². The Morgan fingerprint density at radius 3 is 2.74 bits per heavy atom. The van der Waals surface area contributed by atoms with Crippen LogP contribution in [0.3, 0.4) is 0 Å². The van der Waals surface area contributed by atoms with Crippen molar-refractivity contribution in [1.82, 2.24) is 14.8 Å². The van der Waals surface area contributed by atoms with Crippen molar-refractivity contribution in [3.63, 3.8) is 0 Å². The number of hydrogen-bond acceptors (Lipinski definition) is 3. The molecule has 0 bridgehead atoms. The van der Waals surface area contributed by atoms with E-state index in [-0.39, 0.29) is 0 Å². The van der Waals surface area contributed by atoms with E-state index in [1.54, 1.807) is 12.3 Å². The molecule has 0 spiro atoms. The third-order valence-corrected chi connectivity index (χ3v) is 3.42. The Hall–Kier alpha value is -1.20. The highest BCUT2D eigenvalue weighted by Crippen LogP contribution is 2.23. The largest absolute Gasteiger partial charge is 0.298 e. The summed E-state index contributed by atoms with van der Waals surface area (Å²) in [6.45, 7) is 4.14. The van der Waals surface area contributed by atoms with E-state index in [4.69, 9.17) is 11.6 Å². The molecule has 100 valence electrons. The topological polar surface area (TPSA) is 47.8 Å². The summed E-state index contributed by atoms with van der Waals surface area (Å²) in [6.07, 6.45) is 3.12. The fourth-order valence-electron chi connectivity index (χ4n) is 1.75.